The van der Waals surface area contributed by atoms with Crippen molar-refractivity contribution >= 4 is 18.0 Å². The van der Waals surface area contributed by atoms with Crippen LogP contribution in [-0.2, 0) is 16.1 Å². The third kappa shape index (κ3) is 11.3. The Morgan fingerprint density at radius 1 is 0.938 bits per heavy atom. The molecule has 0 aliphatic heterocycles. The molecule has 0 spiro atoms. The molecule has 1 aromatic heterocycles. The van der Waals surface area contributed by atoms with Crippen LogP contribution in [0.1, 0.15) is 95.3 Å². The molecule has 1 heterocycles. The fourth-order valence-electron chi connectivity index (χ4n) is 3.69. The third-order valence-electron chi connectivity index (χ3n) is 5.52. The predicted octanol–water partition coefficient (Wildman–Crippen LogP) is 6.87. The van der Waals surface area contributed by atoms with E-state index in [1.54, 1.807) is 6.21 Å². The summed E-state index contributed by atoms with van der Waals surface area (Å²) in [6.45, 7) is 4.61. The van der Waals surface area contributed by atoms with E-state index in [4.69, 9.17) is 9.26 Å². The summed E-state index contributed by atoms with van der Waals surface area (Å²) in [5.41, 5.74) is 0.993. The van der Waals surface area contributed by atoms with E-state index in [1.807, 2.05) is 43.3 Å². The van der Waals surface area contributed by atoms with E-state index in [2.05, 4.69) is 11.9 Å². The number of aromatic nitrogens is 1. The van der Waals surface area contributed by atoms with Gasteiger partial charge in [0.05, 0.1) is 12.7 Å². The first-order chi connectivity index (χ1) is 15.7. The lowest BCUT2D eigenvalue weighted by Crippen LogP contribution is -2.37. The maximum absolute atomic E-state index is 12.2. The van der Waals surface area contributed by atoms with Crippen molar-refractivity contribution in [1.29, 1.82) is 0 Å². The lowest BCUT2D eigenvalue weighted by Gasteiger charge is -2.04. The van der Waals surface area contributed by atoms with Crippen LogP contribution >= 0.6 is 0 Å². The molecule has 0 atom stereocenters. The molecule has 176 valence electrons. The summed E-state index contributed by atoms with van der Waals surface area (Å²) in [6.07, 6.45) is 17.3. The number of hydrogen-bond donors (Lipinski definition) is 0. The van der Waals surface area contributed by atoms with Crippen molar-refractivity contribution in [1.82, 2.24) is 0 Å². The van der Waals surface area contributed by atoms with Gasteiger partial charge >= 0.3 is 11.8 Å². The fraction of sp³-hybridized carbons (Fsp3) is 0.593. The van der Waals surface area contributed by atoms with Gasteiger partial charge in [-0.05, 0) is 18.3 Å². The Morgan fingerprint density at radius 3 is 2.16 bits per heavy atom. The number of benzene rings is 1. The van der Waals surface area contributed by atoms with Crippen LogP contribution in [0.3, 0.4) is 0 Å². The number of esters is 1. The lowest BCUT2D eigenvalue weighted by atomic mass is 10.1. The highest BCUT2D eigenvalue weighted by Crippen LogP contribution is 2.12. The quantitative estimate of drug-likeness (QED) is 0.116. The molecule has 0 aliphatic carbocycles. The highest BCUT2D eigenvalue weighted by atomic mass is 16.5. The van der Waals surface area contributed by atoms with Crippen molar-refractivity contribution in [3.8, 4) is 0 Å². The maximum Gasteiger partial charge on any atom is 0.361 e. The largest absolute Gasteiger partial charge is 0.463 e. The van der Waals surface area contributed by atoms with Crippen LogP contribution in [0.2, 0.25) is 0 Å². The lowest BCUT2D eigenvalue weighted by molar-refractivity contribution is -0.845. The topological polar surface area (TPSA) is 55.7 Å². The SMILES string of the molecule is CCCCCCCCCCCCCCOC(=O)C[n+]1oc(C)cc1N=Cc1ccccc1. The standard InChI is InChI=1S/C27H41N2O3/c1-3-4-5-6-7-8-9-10-11-12-13-17-20-31-27(30)23-29-26(21-24(2)32-29)28-22-25-18-15-14-16-19-25/h14-16,18-19,21-22H,3-13,17,20,23H2,1-2H3/q+1. The zero-order valence-corrected chi connectivity index (χ0v) is 20.1. The van der Waals surface area contributed by atoms with Gasteiger partial charge in [0, 0.05) is 5.56 Å². The molecule has 0 fully saturated rings. The van der Waals surface area contributed by atoms with E-state index in [0.29, 0.717) is 18.2 Å². The zero-order valence-electron chi connectivity index (χ0n) is 20.1. The molecular formula is C27H41N2O3+. The van der Waals surface area contributed by atoms with Gasteiger partial charge in [0.2, 0.25) is 6.54 Å². The van der Waals surface area contributed by atoms with Gasteiger partial charge < -0.3 is 9.26 Å². The van der Waals surface area contributed by atoms with Gasteiger partial charge in [0.25, 0.3) is 0 Å². The van der Waals surface area contributed by atoms with Crippen molar-refractivity contribution in [2.75, 3.05) is 6.61 Å². The Bertz CT molecular complexity index is 783. The van der Waals surface area contributed by atoms with Crippen LogP contribution < -0.4 is 4.74 Å². The molecule has 5 nitrogen and oxygen atoms in total. The van der Waals surface area contributed by atoms with Crippen molar-refractivity contribution in [2.45, 2.75) is 97.4 Å². The Kier molecular flexibility index (Phi) is 13.1. The van der Waals surface area contributed by atoms with Crippen molar-refractivity contribution in [3.63, 3.8) is 0 Å². The van der Waals surface area contributed by atoms with Gasteiger partial charge in [-0.3, -0.25) is 0 Å². The number of aliphatic imine (C=N–C) groups is 1. The first-order valence-corrected chi connectivity index (χ1v) is 12.4. The van der Waals surface area contributed by atoms with E-state index < -0.39 is 0 Å². The van der Waals surface area contributed by atoms with E-state index in [-0.39, 0.29) is 12.5 Å². The molecule has 0 N–H and O–H groups in total. The smallest absolute Gasteiger partial charge is 0.361 e. The number of carbonyl (C=O) groups excluding carboxylic acids is 1. The van der Waals surface area contributed by atoms with Crippen molar-refractivity contribution in [3.05, 3.63) is 47.7 Å². The zero-order chi connectivity index (χ0) is 22.9. The van der Waals surface area contributed by atoms with Crippen LogP contribution in [0.5, 0.6) is 0 Å². The highest BCUT2D eigenvalue weighted by molar-refractivity contribution is 5.81. The van der Waals surface area contributed by atoms with E-state index in [0.717, 1.165) is 18.4 Å². The maximum atomic E-state index is 12.2. The molecule has 0 aliphatic rings. The Hall–Kier alpha value is -2.43. The predicted molar refractivity (Wildman–Crippen MR) is 129 cm³/mol. The first-order valence-electron chi connectivity index (χ1n) is 12.4. The minimum Gasteiger partial charge on any atom is -0.463 e. The van der Waals surface area contributed by atoms with Crippen LogP contribution in [-0.4, -0.2) is 18.8 Å². The number of hydrogen-bond acceptors (Lipinski definition) is 4. The molecule has 0 bridgehead atoms. The molecule has 0 radical (unpaired) electrons. The molecule has 0 amide bonds. The minimum absolute atomic E-state index is 0.0353. The van der Waals surface area contributed by atoms with Gasteiger partial charge in [-0.25, -0.2) is 4.79 Å². The normalized spacial score (nSPS) is 11.3. The average Bonchev–Trinajstić information content (AvgIpc) is 3.15. The minimum atomic E-state index is -0.288. The van der Waals surface area contributed by atoms with E-state index in [1.165, 1.54) is 68.9 Å². The van der Waals surface area contributed by atoms with Gasteiger partial charge in [-0.2, -0.15) is 0 Å². The number of ether oxygens (including phenoxy) is 1. The summed E-state index contributed by atoms with van der Waals surface area (Å²) < 4.78 is 12.5. The Labute approximate surface area is 193 Å². The number of aryl methyl sites for hydroxylation is 1. The molecule has 0 unspecified atom stereocenters. The van der Waals surface area contributed by atoms with Crippen LogP contribution in [0.25, 0.3) is 0 Å². The molecule has 1 aromatic carbocycles. The summed E-state index contributed by atoms with van der Waals surface area (Å²) in [5, 5.41) is 0. The molecule has 0 saturated carbocycles. The number of unbranched alkanes of at least 4 members (excludes halogenated alkanes) is 11. The van der Waals surface area contributed by atoms with Crippen LogP contribution in [0.15, 0.2) is 45.9 Å². The molecule has 32 heavy (non-hydrogen) atoms. The molecule has 2 rings (SSSR count). The number of carbonyl (C=O) groups is 1. The summed E-state index contributed by atoms with van der Waals surface area (Å²) in [5.74, 6) is 1.02. The third-order valence-corrected chi connectivity index (χ3v) is 5.52. The summed E-state index contributed by atoms with van der Waals surface area (Å²) in [7, 11) is 0. The molecular weight excluding hydrogens is 400 g/mol. The number of rotatable bonds is 17. The van der Waals surface area contributed by atoms with E-state index >= 15 is 0 Å². The second kappa shape index (κ2) is 16.2. The van der Waals surface area contributed by atoms with Gasteiger partial charge in [0.15, 0.2) is 5.76 Å². The van der Waals surface area contributed by atoms with Gasteiger partial charge in [0.1, 0.15) is 6.21 Å². The molecule has 5 heteroatoms. The summed E-state index contributed by atoms with van der Waals surface area (Å²) in [4.78, 5) is 16.7. The van der Waals surface area contributed by atoms with Crippen molar-refractivity contribution < 1.29 is 18.8 Å². The summed E-state index contributed by atoms with van der Waals surface area (Å²) in [6, 6.07) is 11.7. The fourth-order valence-corrected chi connectivity index (χ4v) is 3.69. The molecule has 2 aromatic rings. The van der Waals surface area contributed by atoms with E-state index in [9.17, 15) is 4.79 Å². The summed E-state index contributed by atoms with van der Waals surface area (Å²) >= 11 is 0. The second-order valence-electron chi connectivity index (χ2n) is 8.52. The van der Waals surface area contributed by atoms with Gasteiger partial charge in [-0.15, -0.1) is 0 Å². The monoisotopic (exact) mass is 441 g/mol. The number of nitrogens with zero attached hydrogens (tertiary/aromatic N) is 2. The van der Waals surface area contributed by atoms with Crippen LogP contribution in [0, 0.1) is 6.92 Å². The molecule has 0 saturated heterocycles. The Morgan fingerprint density at radius 2 is 1.53 bits per heavy atom. The Balaban J connectivity index is 1.55. The van der Waals surface area contributed by atoms with Gasteiger partial charge in [-0.1, -0.05) is 113 Å². The highest BCUT2D eigenvalue weighted by Gasteiger charge is 2.19. The first kappa shape index (κ1) is 25.8. The van der Waals surface area contributed by atoms with Crippen molar-refractivity contribution in [2.24, 2.45) is 4.99 Å². The van der Waals surface area contributed by atoms with Crippen LogP contribution in [0.4, 0.5) is 5.82 Å². The second-order valence-corrected chi connectivity index (χ2v) is 8.52. The average molecular weight is 442 g/mol.